The molecule has 0 aliphatic rings. The van der Waals surface area contributed by atoms with Gasteiger partial charge in [0.05, 0.1) is 16.8 Å². The van der Waals surface area contributed by atoms with Crippen molar-refractivity contribution in [3.05, 3.63) is 81.9 Å². The molecule has 0 atom stereocenters. The smallest absolute Gasteiger partial charge is 0.324 e. The number of fused-ring (bicyclic) bond motifs is 1. The minimum Gasteiger partial charge on any atom is -0.324 e. The Balaban J connectivity index is 1.68. The van der Waals surface area contributed by atoms with Crippen LogP contribution in [0.3, 0.4) is 0 Å². The zero-order chi connectivity index (χ0) is 25.5. The van der Waals surface area contributed by atoms with E-state index in [2.05, 4.69) is 15.4 Å². The van der Waals surface area contributed by atoms with E-state index in [9.17, 15) is 35.9 Å². The number of nitrogens with one attached hydrogen (secondary N) is 1. The number of hydrogen-bond acceptors (Lipinski definition) is 4. The molecular formula is C22H15F6N5O2. The summed E-state index contributed by atoms with van der Waals surface area (Å²) in [6.45, 7) is 0.871. The molecule has 0 saturated carbocycles. The molecule has 2 aromatic carbocycles. The Kier molecular flexibility index (Phi) is 5.87. The van der Waals surface area contributed by atoms with Crippen LogP contribution in [0.25, 0.3) is 17.0 Å². The molecule has 0 unspecified atom stereocenters. The number of hydrogen-bond donors (Lipinski definition) is 1. The number of rotatable bonds is 4. The lowest BCUT2D eigenvalue weighted by Crippen LogP contribution is -2.29. The Morgan fingerprint density at radius 1 is 0.971 bits per heavy atom. The summed E-state index contributed by atoms with van der Waals surface area (Å²) in [5, 5.41) is 6.16. The first-order valence-electron chi connectivity index (χ1n) is 9.95. The number of carbonyl (C=O) groups is 1. The van der Waals surface area contributed by atoms with Crippen molar-refractivity contribution in [1.82, 2.24) is 19.2 Å². The maximum Gasteiger partial charge on any atom is 0.418 e. The normalized spacial score (nSPS) is 12.2. The predicted octanol–water partition coefficient (Wildman–Crippen LogP) is 4.54. The zero-order valence-electron chi connectivity index (χ0n) is 17.8. The third-order valence-electron chi connectivity index (χ3n) is 4.97. The number of benzene rings is 2. The standard InChI is InChI=1S/C22H15F6N5O2/c1-12-10-17-31-32(11-18(34)30-16-5-3-2-4-15(16)22(26,27)28)20(35)33(17)19(29-12)13-6-8-14(9-7-13)21(23,24)25/h2-10H,11H2,1H3,(H,30,34). The first kappa shape index (κ1) is 24.0. The molecular weight excluding hydrogens is 480 g/mol. The highest BCUT2D eigenvalue weighted by molar-refractivity contribution is 5.91. The summed E-state index contributed by atoms with van der Waals surface area (Å²) in [6.07, 6.45) is -9.25. The summed E-state index contributed by atoms with van der Waals surface area (Å²) in [6, 6.07) is 9.75. The lowest BCUT2D eigenvalue weighted by atomic mass is 10.1. The van der Waals surface area contributed by atoms with E-state index in [-0.39, 0.29) is 17.0 Å². The fourth-order valence-electron chi connectivity index (χ4n) is 3.42. The molecule has 2 heterocycles. The van der Waals surface area contributed by atoms with Crippen LogP contribution in [-0.2, 0) is 23.7 Å². The zero-order valence-corrected chi connectivity index (χ0v) is 17.8. The van der Waals surface area contributed by atoms with Crippen LogP contribution in [0.2, 0.25) is 0 Å². The highest BCUT2D eigenvalue weighted by Crippen LogP contribution is 2.34. The van der Waals surface area contributed by atoms with Gasteiger partial charge in [-0.05, 0) is 31.2 Å². The number of amides is 1. The number of para-hydroxylation sites is 1. The number of alkyl halides is 6. The van der Waals surface area contributed by atoms with Gasteiger partial charge in [-0.3, -0.25) is 4.79 Å². The SMILES string of the molecule is Cc1cc2nn(CC(=O)Nc3ccccc3C(F)(F)F)c(=O)n2c(-c2ccc(C(F)(F)F)cc2)n1. The number of carbonyl (C=O) groups excluding carboxylic acids is 1. The van der Waals surface area contributed by atoms with E-state index >= 15 is 0 Å². The lowest BCUT2D eigenvalue weighted by Gasteiger charge is -2.13. The fraction of sp³-hybridized carbons (Fsp3) is 0.182. The van der Waals surface area contributed by atoms with Gasteiger partial charge in [-0.2, -0.15) is 26.3 Å². The van der Waals surface area contributed by atoms with Crippen molar-refractivity contribution in [3.8, 4) is 11.4 Å². The maximum absolute atomic E-state index is 13.2. The summed E-state index contributed by atoms with van der Waals surface area (Å²) in [5.41, 5.74) is -2.62. The van der Waals surface area contributed by atoms with Crippen LogP contribution < -0.4 is 11.0 Å². The van der Waals surface area contributed by atoms with Crippen molar-refractivity contribution < 1.29 is 31.1 Å². The number of anilines is 1. The average Bonchev–Trinajstić information content (AvgIpc) is 3.07. The first-order chi connectivity index (χ1) is 16.3. The molecule has 1 amide bonds. The molecule has 0 bridgehead atoms. The molecule has 0 radical (unpaired) electrons. The predicted molar refractivity (Wildman–Crippen MR) is 112 cm³/mol. The molecule has 4 aromatic rings. The van der Waals surface area contributed by atoms with Crippen LogP contribution in [0.4, 0.5) is 32.0 Å². The fourth-order valence-corrected chi connectivity index (χ4v) is 3.42. The van der Waals surface area contributed by atoms with Crippen molar-refractivity contribution in [2.75, 3.05) is 5.32 Å². The van der Waals surface area contributed by atoms with Crippen molar-refractivity contribution in [1.29, 1.82) is 0 Å². The van der Waals surface area contributed by atoms with E-state index in [4.69, 9.17) is 0 Å². The van der Waals surface area contributed by atoms with Gasteiger partial charge in [0.25, 0.3) is 0 Å². The minimum absolute atomic E-state index is 0.00667. The second kappa shape index (κ2) is 8.56. The van der Waals surface area contributed by atoms with Gasteiger partial charge in [0.1, 0.15) is 12.4 Å². The molecule has 7 nitrogen and oxygen atoms in total. The summed E-state index contributed by atoms with van der Waals surface area (Å²) >= 11 is 0. The van der Waals surface area contributed by atoms with E-state index in [1.165, 1.54) is 18.2 Å². The van der Waals surface area contributed by atoms with Gasteiger partial charge in [0, 0.05) is 17.3 Å². The van der Waals surface area contributed by atoms with Gasteiger partial charge in [0.2, 0.25) is 5.91 Å². The number of nitrogens with zero attached hydrogens (tertiary/aromatic N) is 4. The molecule has 1 N–H and O–H groups in total. The molecule has 0 aliphatic heterocycles. The molecule has 13 heteroatoms. The Bertz CT molecular complexity index is 1470. The van der Waals surface area contributed by atoms with Crippen LogP contribution in [0.5, 0.6) is 0 Å². The minimum atomic E-state index is -4.70. The van der Waals surface area contributed by atoms with E-state index in [1.807, 2.05) is 0 Å². The number of aryl methyl sites for hydroxylation is 1. The van der Waals surface area contributed by atoms with E-state index in [1.54, 1.807) is 6.92 Å². The van der Waals surface area contributed by atoms with Crippen LogP contribution >= 0.6 is 0 Å². The van der Waals surface area contributed by atoms with Crippen molar-refractivity contribution in [3.63, 3.8) is 0 Å². The lowest BCUT2D eigenvalue weighted by molar-refractivity contribution is -0.138. The Morgan fingerprint density at radius 2 is 1.63 bits per heavy atom. The van der Waals surface area contributed by atoms with Crippen LogP contribution in [0, 0.1) is 6.92 Å². The third-order valence-corrected chi connectivity index (χ3v) is 4.97. The van der Waals surface area contributed by atoms with Gasteiger partial charge in [-0.15, -0.1) is 5.10 Å². The molecule has 0 spiro atoms. The van der Waals surface area contributed by atoms with Gasteiger partial charge in [0.15, 0.2) is 5.65 Å². The highest BCUT2D eigenvalue weighted by atomic mass is 19.4. The molecule has 0 saturated heterocycles. The van der Waals surface area contributed by atoms with Gasteiger partial charge in [-0.1, -0.05) is 24.3 Å². The summed E-state index contributed by atoms with van der Waals surface area (Å²) in [5.74, 6) is -0.944. The van der Waals surface area contributed by atoms with Crippen LogP contribution in [0.1, 0.15) is 16.8 Å². The van der Waals surface area contributed by atoms with Gasteiger partial charge in [-0.25, -0.2) is 18.9 Å². The second-order valence-electron chi connectivity index (χ2n) is 7.52. The largest absolute Gasteiger partial charge is 0.418 e. The molecule has 0 aliphatic carbocycles. The quantitative estimate of drug-likeness (QED) is 0.422. The molecule has 0 fully saturated rings. The summed E-state index contributed by atoms with van der Waals surface area (Å²) in [7, 11) is 0. The Labute approximate surface area is 192 Å². The van der Waals surface area contributed by atoms with Crippen molar-refractivity contribution in [2.24, 2.45) is 0 Å². The van der Waals surface area contributed by atoms with Crippen LogP contribution in [-0.4, -0.2) is 25.1 Å². The first-order valence-corrected chi connectivity index (χ1v) is 9.95. The van der Waals surface area contributed by atoms with Crippen LogP contribution in [0.15, 0.2) is 59.4 Å². The molecule has 4 rings (SSSR count). The number of halogens is 6. The monoisotopic (exact) mass is 495 g/mol. The topological polar surface area (TPSA) is 81.3 Å². The second-order valence-corrected chi connectivity index (χ2v) is 7.52. The van der Waals surface area contributed by atoms with Crippen molar-refractivity contribution in [2.45, 2.75) is 25.8 Å². The van der Waals surface area contributed by atoms with E-state index in [0.717, 1.165) is 45.5 Å². The van der Waals surface area contributed by atoms with Crippen molar-refractivity contribution >= 4 is 17.2 Å². The molecule has 182 valence electrons. The number of aromatic nitrogens is 4. The van der Waals surface area contributed by atoms with E-state index < -0.39 is 47.3 Å². The Morgan fingerprint density at radius 3 is 2.26 bits per heavy atom. The maximum atomic E-state index is 13.2. The molecule has 2 aromatic heterocycles. The third kappa shape index (κ3) is 4.88. The summed E-state index contributed by atoms with van der Waals surface area (Å²) in [4.78, 5) is 29.6. The highest BCUT2D eigenvalue weighted by Gasteiger charge is 2.33. The van der Waals surface area contributed by atoms with Gasteiger partial charge < -0.3 is 5.32 Å². The Hall–Kier alpha value is -4.16. The molecule has 35 heavy (non-hydrogen) atoms. The summed E-state index contributed by atoms with van der Waals surface area (Å²) < 4.78 is 79.9. The van der Waals surface area contributed by atoms with E-state index in [0.29, 0.717) is 5.69 Å². The van der Waals surface area contributed by atoms with Gasteiger partial charge >= 0.3 is 18.0 Å². The average molecular weight is 495 g/mol.